The van der Waals surface area contributed by atoms with Gasteiger partial charge in [0.15, 0.2) is 0 Å². The molecule has 4 N–H and O–H groups in total. The summed E-state index contributed by atoms with van der Waals surface area (Å²) in [6.07, 6.45) is 3.05. The average Bonchev–Trinajstić information content (AvgIpc) is 2.54. The minimum absolute atomic E-state index is 0.0186. The molecule has 0 spiro atoms. The van der Waals surface area contributed by atoms with Crippen LogP contribution >= 0.6 is 0 Å². The van der Waals surface area contributed by atoms with Gasteiger partial charge in [-0.25, -0.2) is 9.59 Å². The summed E-state index contributed by atoms with van der Waals surface area (Å²) >= 11 is 0. The summed E-state index contributed by atoms with van der Waals surface area (Å²) in [4.78, 5) is 44.6. The highest BCUT2D eigenvalue weighted by atomic mass is 16.5. The lowest BCUT2D eigenvalue weighted by Crippen LogP contribution is -2.35. The van der Waals surface area contributed by atoms with Gasteiger partial charge in [0.2, 0.25) is 11.8 Å². The molecule has 0 saturated heterocycles. The van der Waals surface area contributed by atoms with E-state index in [2.05, 4.69) is 15.0 Å². The molecule has 1 atom stereocenters. The van der Waals surface area contributed by atoms with Crippen molar-refractivity contribution in [1.82, 2.24) is 15.0 Å². The maximum absolute atomic E-state index is 12.3. The number of nitrogens with zero attached hydrogens (tertiary/aromatic N) is 1. The molecule has 0 bridgehead atoms. The summed E-state index contributed by atoms with van der Waals surface area (Å²) in [5.41, 5.74) is 5.00. The molecule has 1 aliphatic rings. The van der Waals surface area contributed by atoms with Crippen molar-refractivity contribution in [3.05, 3.63) is 67.9 Å². The molecule has 0 amide bonds. The van der Waals surface area contributed by atoms with Gasteiger partial charge in [0.25, 0.3) is 5.56 Å². The third-order valence-corrected chi connectivity index (χ3v) is 3.51. The summed E-state index contributed by atoms with van der Waals surface area (Å²) in [7, 11) is 0. The zero-order chi connectivity index (χ0) is 17.3. The molecule has 3 rings (SSSR count). The van der Waals surface area contributed by atoms with E-state index in [-0.39, 0.29) is 29.5 Å². The first-order chi connectivity index (χ1) is 11.5. The van der Waals surface area contributed by atoms with E-state index in [4.69, 9.17) is 15.2 Å². The van der Waals surface area contributed by atoms with Crippen molar-refractivity contribution >= 4 is 5.97 Å². The van der Waals surface area contributed by atoms with Gasteiger partial charge in [-0.3, -0.25) is 19.7 Å². The van der Waals surface area contributed by atoms with Gasteiger partial charge in [-0.2, -0.15) is 0 Å². The largest absolute Gasteiger partial charge is 0.462 e. The van der Waals surface area contributed by atoms with Crippen molar-refractivity contribution in [3.8, 4) is 5.88 Å². The Balaban J connectivity index is 2.28. The molecule has 1 aliphatic heterocycles. The summed E-state index contributed by atoms with van der Waals surface area (Å²) < 4.78 is 10.3. The number of H-pyrrole nitrogens is 2. The van der Waals surface area contributed by atoms with Crippen molar-refractivity contribution in [3.63, 3.8) is 0 Å². The highest BCUT2D eigenvalue weighted by Gasteiger charge is 2.38. The van der Waals surface area contributed by atoms with E-state index in [0.717, 1.165) is 0 Å². The topological polar surface area (TPSA) is 140 Å². The van der Waals surface area contributed by atoms with Crippen LogP contribution in [0.15, 0.2) is 45.6 Å². The lowest BCUT2D eigenvalue weighted by atomic mass is 9.85. The SMILES string of the molecule is CCOC(=O)C1=C(N)Oc2[nH]c(=O)[nH]c(=O)c2C1c1cccnc1. The molecule has 3 heterocycles. The van der Waals surface area contributed by atoms with Crippen LogP contribution in [-0.2, 0) is 9.53 Å². The average molecular weight is 330 g/mol. The first-order valence-corrected chi connectivity index (χ1v) is 7.14. The molecule has 2 aromatic rings. The van der Waals surface area contributed by atoms with Crippen LogP contribution in [0.1, 0.15) is 24.0 Å². The maximum atomic E-state index is 12.3. The van der Waals surface area contributed by atoms with Crippen LogP contribution in [0.25, 0.3) is 0 Å². The van der Waals surface area contributed by atoms with E-state index in [1.54, 1.807) is 25.3 Å². The van der Waals surface area contributed by atoms with E-state index in [9.17, 15) is 14.4 Å². The fourth-order valence-electron chi connectivity index (χ4n) is 2.58. The van der Waals surface area contributed by atoms with Crippen LogP contribution in [0.4, 0.5) is 0 Å². The van der Waals surface area contributed by atoms with E-state index in [0.29, 0.717) is 5.56 Å². The van der Waals surface area contributed by atoms with Gasteiger partial charge in [-0.1, -0.05) is 6.07 Å². The monoisotopic (exact) mass is 330 g/mol. The molecule has 1 unspecified atom stereocenters. The Morgan fingerprint density at radius 2 is 2.21 bits per heavy atom. The Morgan fingerprint density at radius 3 is 2.88 bits per heavy atom. The first-order valence-electron chi connectivity index (χ1n) is 7.14. The zero-order valence-corrected chi connectivity index (χ0v) is 12.7. The van der Waals surface area contributed by atoms with Crippen molar-refractivity contribution in [2.75, 3.05) is 6.61 Å². The van der Waals surface area contributed by atoms with Crippen molar-refractivity contribution in [1.29, 1.82) is 0 Å². The Morgan fingerprint density at radius 1 is 1.42 bits per heavy atom. The van der Waals surface area contributed by atoms with Crippen LogP contribution in [-0.4, -0.2) is 27.5 Å². The van der Waals surface area contributed by atoms with Crippen LogP contribution in [0, 0.1) is 0 Å². The van der Waals surface area contributed by atoms with Gasteiger partial charge in [0, 0.05) is 12.4 Å². The highest BCUT2D eigenvalue weighted by molar-refractivity contribution is 5.92. The molecule has 2 aromatic heterocycles. The number of ether oxygens (including phenoxy) is 2. The Bertz CT molecular complexity index is 929. The Labute approximate surface area is 135 Å². The standard InChI is InChI=1S/C15H14N4O5/c1-2-23-14(21)9-8(7-4-3-5-17-6-7)10-12(20)18-15(22)19-13(10)24-11(9)16/h3-6,8H,2,16H2,1H3,(H2,18,19,20,22). The number of fused-ring (bicyclic) bond motifs is 1. The second-order valence-corrected chi connectivity index (χ2v) is 4.97. The number of esters is 1. The second kappa shape index (κ2) is 6.03. The highest BCUT2D eigenvalue weighted by Crippen LogP contribution is 2.38. The molecule has 24 heavy (non-hydrogen) atoms. The van der Waals surface area contributed by atoms with E-state index in [1.165, 1.54) is 6.20 Å². The predicted molar refractivity (Wildman–Crippen MR) is 82.2 cm³/mol. The summed E-state index contributed by atoms with van der Waals surface area (Å²) in [5, 5.41) is 0. The fraction of sp³-hybridized carbons (Fsp3) is 0.200. The lowest BCUT2D eigenvalue weighted by Gasteiger charge is -2.26. The van der Waals surface area contributed by atoms with E-state index in [1.807, 2.05) is 0 Å². The number of aromatic nitrogens is 3. The quantitative estimate of drug-likeness (QED) is 0.657. The number of aromatic amines is 2. The van der Waals surface area contributed by atoms with Gasteiger partial charge in [0.05, 0.1) is 18.1 Å². The van der Waals surface area contributed by atoms with Crippen molar-refractivity contribution in [2.45, 2.75) is 12.8 Å². The van der Waals surface area contributed by atoms with Gasteiger partial charge < -0.3 is 15.2 Å². The third kappa shape index (κ3) is 2.56. The smallest absolute Gasteiger partial charge is 0.340 e. The lowest BCUT2D eigenvalue weighted by molar-refractivity contribution is -0.139. The molecule has 0 saturated carbocycles. The normalized spacial score (nSPS) is 16.3. The van der Waals surface area contributed by atoms with E-state index >= 15 is 0 Å². The summed E-state index contributed by atoms with van der Waals surface area (Å²) in [5.74, 6) is -1.93. The molecule has 9 heteroatoms. The number of rotatable bonds is 3. The van der Waals surface area contributed by atoms with Gasteiger partial charge in [-0.05, 0) is 18.6 Å². The number of pyridine rings is 1. The molecule has 124 valence electrons. The van der Waals surface area contributed by atoms with E-state index < -0.39 is 23.1 Å². The third-order valence-electron chi connectivity index (χ3n) is 3.51. The molecular formula is C15H14N4O5. The maximum Gasteiger partial charge on any atom is 0.340 e. The molecule has 0 fully saturated rings. The number of hydrogen-bond donors (Lipinski definition) is 3. The van der Waals surface area contributed by atoms with Gasteiger partial charge in [0.1, 0.15) is 5.57 Å². The van der Waals surface area contributed by atoms with Crippen LogP contribution in [0.2, 0.25) is 0 Å². The molecule has 9 nitrogen and oxygen atoms in total. The minimum Gasteiger partial charge on any atom is -0.462 e. The number of carbonyl (C=O) groups is 1. The van der Waals surface area contributed by atoms with Crippen LogP contribution < -0.4 is 21.7 Å². The molecular weight excluding hydrogens is 316 g/mol. The van der Waals surface area contributed by atoms with Crippen LogP contribution in [0.3, 0.4) is 0 Å². The Kier molecular flexibility index (Phi) is 3.90. The summed E-state index contributed by atoms with van der Waals surface area (Å²) in [6.45, 7) is 1.78. The summed E-state index contributed by atoms with van der Waals surface area (Å²) in [6, 6.07) is 3.34. The first kappa shape index (κ1) is 15.5. The number of nitrogens with one attached hydrogen (secondary N) is 2. The number of carbonyl (C=O) groups excluding carboxylic acids is 1. The zero-order valence-electron chi connectivity index (χ0n) is 12.7. The van der Waals surface area contributed by atoms with Crippen molar-refractivity contribution < 1.29 is 14.3 Å². The van der Waals surface area contributed by atoms with Gasteiger partial charge in [-0.15, -0.1) is 0 Å². The fourth-order valence-corrected chi connectivity index (χ4v) is 2.58. The molecule has 0 aliphatic carbocycles. The predicted octanol–water partition coefficient (Wildman–Crippen LogP) is -0.284. The van der Waals surface area contributed by atoms with Crippen molar-refractivity contribution in [2.24, 2.45) is 5.73 Å². The van der Waals surface area contributed by atoms with Crippen LogP contribution in [0.5, 0.6) is 5.88 Å². The Hall–Kier alpha value is -3.36. The van der Waals surface area contributed by atoms with Gasteiger partial charge >= 0.3 is 11.7 Å². The second-order valence-electron chi connectivity index (χ2n) is 4.97. The number of hydrogen-bond acceptors (Lipinski definition) is 7. The molecule has 0 aromatic carbocycles. The minimum atomic E-state index is -0.873. The number of nitrogens with two attached hydrogens (primary N) is 1. The molecule has 0 radical (unpaired) electrons.